The van der Waals surface area contributed by atoms with Crippen LogP contribution in [-0.4, -0.2) is 16.4 Å². The fourth-order valence-electron chi connectivity index (χ4n) is 2.54. The molecule has 1 aromatic rings. The van der Waals surface area contributed by atoms with E-state index >= 15 is 0 Å². The highest BCUT2D eigenvalue weighted by Crippen LogP contribution is 2.27. The maximum Gasteiger partial charge on any atom is 0.226 e. The van der Waals surface area contributed by atoms with Gasteiger partial charge in [0.25, 0.3) is 0 Å². The zero-order valence-electron chi connectivity index (χ0n) is 10.9. The van der Waals surface area contributed by atoms with Crippen LogP contribution in [0.25, 0.3) is 0 Å². The standard InChI is InChI=1S/C14H21N3O/c1-14(7-3-2-4-8-14)17-13(18)9-12-6-5-11(15)10-16-12/h5-6,10H,2-4,7-9,15H2,1H3,(H,17,18). The van der Waals surface area contributed by atoms with E-state index in [1.807, 2.05) is 0 Å². The Labute approximate surface area is 108 Å². The van der Waals surface area contributed by atoms with E-state index in [0.717, 1.165) is 18.5 Å². The van der Waals surface area contributed by atoms with Crippen molar-refractivity contribution in [2.75, 3.05) is 5.73 Å². The van der Waals surface area contributed by atoms with Crippen molar-refractivity contribution in [2.45, 2.75) is 51.0 Å². The molecule has 0 unspecified atom stereocenters. The van der Waals surface area contributed by atoms with Crippen molar-refractivity contribution in [1.29, 1.82) is 0 Å². The van der Waals surface area contributed by atoms with Gasteiger partial charge in [0.2, 0.25) is 5.91 Å². The van der Waals surface area contributed by atoms with Crippen LogP contribution in [0.3, 0.4) is 0 Å². The molecule has 1 aliphatic carbocycles. The lowest BCUT2D eigenvalue weighted by Crippen LogP contribution is -2.47. The van der Waals surface area contributed by atoms with Gasteiger partial charge in [0, 0.05) is 11.2 Å². The van der Waals surface area contributed by atoms with Crippen molar-refractivity contribution < 1.29 is 4.79 Å². The van der Waals surface area contributed by atoms with Crippen LogP contribution in [0, 0.1) is 0 Å². The van der Waals surface area contributed by atoms with Crippen LogP contribution in [0.2, 0.25) is 0 Å². The summed E-state index contributed by atoms with van der Waals surface area (Å²) >= 11 is 0. The Bertz CT molecular complexity index is 408. The summed E-state index contributed by atoms with van der Waals surface area (Å²) in [5.41, 5.74) is 6.93. The van der Waals surface area contributed by atoms with Gasteiger partial charge in [0.15, 0.2) is 0 Å². The Kier molecular flexibility index (Phi) is 3.84. The molecule has 1 heterocycles. The highest BCUT2D eigenvalue weighted by Gasteiger charge is 2.28. The molecule has 1 saturated carbocycles. The van der Waals surface area contributed by atoms with Crippen molar-refractivity contribution >= 4 is 11.6 Å². The molecule has 0 radical (unpaired) electrons. The first-order valence-corrected chi connectivity index (χ1v) is 6.59. The van der Waals surface area contributed by atoms with Crippen LogP contribution in [0.1, 0.15) is 44.7 Å². The average Bonchev–Trinajstić information content (AvgIpc) is 2.32. The lowest BCUT2D eigenvalue weighted by Gasteiger charge is -2.34. The average molecular weight is 247 g/mol. The number of pyridine rings is 1. The SMILES string of the molecule is CC1(NC(=O)Cc2ccc(N)cn2)CCCCC1. The summed E-state index contributed by atoms with van der Waals surface area (Å²) < 4.78 is 0. The largest absolute Gasteiger partial charge is 0.397 e. The highest BCUT2D eigenvalue weighted by atomic mass is 16.1. The van der Waals surface area contributed by atoms with Crippen LogP contribution in [-0.2, 0) is 11.2 Å². The van der Waals surface area contributed by atoms with Crippen molar-refractivity contribution in [3.05, 3.63) is 24.0 Å². The summed E-state index contributed by atoms with van der Waals surface area (Å²) in [5, 5.41) is 3.15. The molecule has 0 saturated heterocycles. The second-order valence-corrected chi connectivity index (χ2v) is 5.43. The number of amides is 1. The molecular formula is C14H21N3O. The third-order valence-corrected chi connectivity index (χ3v) is 3.59. The lowest BCUT2D eigenvalue weighted by atomic mass is 9.83. The number of carbonyl (C=O) groups excluding carboxylic acids is 1. The molecule has 3 N–H and O–H groups in total. The van der Waals surface area contributed by atoms with Gasteiger partial charge in [0.05, 0.1) is 18.3 Å². The third kappa shape index (κ3) is 3.45. The van der Waals surface area contributed by atoms with Gasteiger partial charge < -0.3 is 11.1 Å². The Morgan fingerprint density at radius 3 is 2.72 bits per heavy atom. The van der Waals surface area contributed by atoms with Gasteiger partial charge >= 0.3 is 0 Å². The van der Waals surface area contributed by atoms with Gasteiger partial charge in [-0.1, -0.05) is 19.3 Å². The molecule has 1 aliphatic rings. The minimum absolute atomic E-state index is 0.0247. The molecule has 0 aromatic carbocycles. The van der Waals surface area contributed by atoms with Crippen LogP contribution in [0.15, 0.2) is 18.3 Å². The zero-order valence-corrected chi connectivity index (χ0v) is 10.9. The molecule has 18 heavy (non-hydrogen) atoms. The number of aromatic nitrogens is 1. The van der Waals surface area contributed by atoms with E-state index < -0.39 is 0 Å². The van der Waals surface area contributed by atoms with Gasteiger partial charge in [-0.2, -0.15) is 0 Å². The third-order valence-electron chi connectivity index (χ3n) is 3.59. The van der Waals surface area contributed by atoms with E-state index in [1.54, 1.807) is 18.3 Å². The molecule has 4 nitrogen and oxygen atoms in total. The first-order chi connectivity index (χ1) is 8.57. The number of hydrogen-bond acceptors (Lipinski definition) is 3. The second-order valence-electron chi connectivity index (χ2n) is 5.43. The quantitative estimate of drug-likeness (QED) is 0.859. The zero-order chi connectivity index (χ0) is 13.0. The van der Waals surface area contributed by atoms with Crippen LogP contribution >= 0.6 is 0 Å². The molecular weight excluding hydrogens is 226 g/mol. The molecule has 1 aromatic heterocycles. The van der Waals surface area contributed by atoms with E-state index in [2.05, 4.69) is 17.2 Å². The van der Waals surface area contributed by atoms with Crippen molar-refractivity contribution in [1.82, 2.24) is 10.3 Å². The van der Waals surface area contributed by atoms with E-state index in [9.17, 15) is 4.79 Å². The number of nitrogens with one attached hydrogen (secondary N) is 1. The Morgan fingerprint density at radius 2 is 2.11 bits per heavy atom. The molecule has 4 heteroatoms. The Hall–Kier alpha value is -1.58. The number of carbonyl (C=O) groups is 1. The molecule has 0 bridgehead atoms. The summed E-state index contributed by atoms with van der Waals surface area (Å²) in [4.78, 5) is 16.1. The minimum atomic E-state index is -0.0247. The van der Waals surface area contributed by atoms with Gasteiger partial charge in [-0.05, 0) is 31.9 Å². The number of rotatable bonds is 3. The molecule has 1 fully saturated rings. The predicted octanol–water partition coefficient (Wildman–Crippen LogP) is 2.05. The fraction of sp³-hybridized carbons (Fsp3) is 0.571. The number of nitrogens with zero attached hydrogens (tertiary/aromatic N) is 1. The maximum atomic E-state index is 12.0. The van der Waals surface area contributed by atoms with Gasteiger partial charge in [-0.15, -0.1) is 0 Å². The number of nitrogens with two attached hydrogens (primary N) is 1. The molecule has 2 rings (SSSR count). The first kappa shape index (κ1) is 12.9. The molecule has 0 aliphatic heterocycles. The van der Waals surface area contributed by atoms with Gasteiger partial charge in [-0.3, -0.25) is 9.78 Å². The van der Waals surface area contributed by atoms with E-state index in [-0.39, 0.29) is 11.4 Å². The lowest BCUT2D eigenvalue weighted by molar-refractivity contribution is -0.122. The Balaban J connectivity index is 1.90. The van der Waals surface area contributed by atoms with Crippen molar-refractivity contribution in [3.63, 3.8) is 0 Å². The fourth-order valence-corrected chi connectivity index (χ4v) is 2.54. The number of anilines is 1. The second kappa shape index (κ2) is 5.38. The normalized spacial score (nSPS) is 18.3. The Morgan fingerprint density at radius 1 is 1.39 bits per heavy atom. The molecule has 98 valence electrons. The molecule has 1 amide bonds. The van der Waals surface area contributed by atoms with E-state index in [4.69, 9.17) is 5.73 Å². The predicted molar refractivity (Wildman–Crippen MR) is 72.0 cm³/mol. The minimum Gasteiger partial charge on any atom is -0.397 e. The summed E-state index contributed by atoms with van der Waals surface area (Å²) in [6, 6.07) is 3.58. The van der Waals surface area contributed by atoms with Gasteiger partial charge in [0.1, 0.15) is 0 Å². The highest BCUT2D eigenvalue weighted by molar-refractivity contribution is 5.78. The summed E-state index contributed by atoms with van der Waals surface area (Å²) in [6.45, 7) is 2.14. The van der Waals surface area contributed by atoms with Crippen LogP contribution < -0.4 is 11.1 Å². The molecule has 0 atom stereocenters. The summed E-state index contributed by atoms with van der Waals surface area (Å²) in [5.74, 6) is 0.0525. The smallest absolute Gasteiger partial charge is 0.226 e. The molecule has 0 spiro atoms. The maximum absolute atomic E-state index is 12.0. The summed E-state index contributed by atoms with van der Waals surface area (Å²) in [7, 11) is 0. The van der Waals surface area contributed by atoms with Crippen molar-refractivity contribution in [3.8, 4) is 0 Å². The van der Waals surface area contributed by atoms with Crippen LogP contribution in [0.4, 0.5) is 5.69 Å². The van der Waals surface area contributed by atoms with Gasteiger partial charge in [-0.25, -0.2) is 0 Å². The monoisotopic (exact) mass is 247 g/mol. The topological polar surface area (TPSA) is 68.0 Å². The first-order valence-electron chi connectivity index (χ1n) is 6.59. The van der Waals surface area contributed by atoms with E-state index in [1.165, 1.54) is 19.3 Å². The summed E-state index contributed by atoms with van der Waals surface area (Å²) in [6.07, 6.45) is 7.77. The number of nitrogen functional groups attached to an aromatic ring is 1. The van der Waals surface area contributed by atoms with E-state index in [0.29, 0.717) is 12.1 Å². The van der Waals surface area contributed by atoms with Crippen molar-refractivity contribution in [2.24, 2.45) is 0 Å². The number of hydrogen-bond donors (Lipinski definition) is 2. The van der Waals surface area contributed by atoms with Crippen LogP contribution in [0.5, 0.6) is 0 Å².